The number of ketones is 1. The number of esters is 1. The lowest BCUT2D eigenvalue weighted by atomic mass is 9.97. The SMILES string of the molecule is C=CC(=O)OCCOCCOC(C)OCCOc1ccc(C(=O)C(C)(C)O)cc1. The Morgan fingerprint density at radius 1 is 1.03 bits per heavy atom. The number of hydrogen-bond donors (Lipinski definition) is 1. The van der Waals surface area contributed by atoms with Gasteiger partial charge < -0.3 is 28.8 Å². The monoisotopic (exact) mass is 410 g/mol. The number of hydrogen-bond acceptors (Lipinski definition) is 8. The topological polar surface area (TPSA) is 101 Å². The van der Waals surface area contributed by atoms with E-state index in [4.69, 9.17) is 23.7 Å². The van der Waals surface area contributed by atoms with Gasteiger partial charge in [-0.25, -0.2) is 4.79 Å². The van der Waals surface area contributed by atoms with Crippen molar-refractivity contribution in [2.24, 2.45) is 0 Å². The average molecular weight is 410 g/mol. The van der Waals surface area contributed by atoms with Gasteiger partial charge in [-0.15, -0.1) is 0 Å². The molecule has 0 fully saturated rings. The van der Waals surface area contributed by atoms with Crippen molar-refractivity contribution < 1.29 is 38.4 Å². The summed E-state index contributed by atoms with van der Waals surface area (Å²) in [5.74, 6) is -0.229. The number of carbonyl (C=O) groups is 2. The smallest absolute Gasteiger partial charge is 0.330 e. The lowest BCUT2D eigenvalue weighted by molar-refractivity contribution is -0.146. The van der Waals surface area contributed by atoms with Crippen LogP contribution in [0.4, 0.5) is 0 Å². The first-order valence-corrected chi connectivity index (χ1v) is 9.34. The summed E-state index contributed by atoms with van der Waals surface area (Å²) in [5.41, 5.74) is -0.986. The second kappa shape index (κ2) is 13.1. The van der Waals surface area contributed by atoms with E-state index < -0.39 is 17.9 Å². The number of rotatable bonds is 15. The fourth-order valence-electron chi connectivity index (χ4n) is 2.11. The highest BCUT2D eigenvalue weighted by molar-refractivity contribution is 6.01. The predicted octanol–water partition coefficient (Wildman–Crippen LogP) is 2.14. The van der Waals surface area contributed by atoms with Crippen LogP contribution in [-0.4, -0.2) is 68.4 Å². The highest BCUT2D eigenvalue weighted by Gasteiger charge is 2.24. The number of aliphatic hydroxyl groups is 1. The van der Waals surface area contributed by atoms with E-state index in [0.29, 0.717) is 37.7 Å². The molecule has 8 heteroatoms. The van der Waals surface area contributed by atoms with Gasteiger partial charge in [0.1, 0.15) is 24.6 Å². The van der Waals surface area contributed by atoms with Crippen LogP contribution < -0.4 is 4.74 Å². The molecule has 0 bridgehead atoms. The van der Waals surface area contributed by atoms with Crippen molar-refractivity contribution in [1.29, 1.82) is 0 Å². The zero-order chi connectivity index (χ0) is 21.7. The molecule has 1 N–H and O–H groups in total. The van der Waals surface area contributed by atoms with E-state index in [1.165, 1.54) is 13.8 Å². The minimum absolute atomic E-state index is 0.168. The Morgan fingerprint density at radius 2 is 1.62 bits per heavy atom. The van der Waals surface area contributed by atoms with Gasteiger partial charge in [0.25, 0.3) is 0 Å². The lowest BCUT2D eigenvalue weighted by Gasteiger charge is -2.16. The molecule has 1 unspecified atom stereocenters. The molecule has 0 aromatic heterocycles. The predicted molar refractivity (Wildman–Crippen MR) is 106 cm³/mol. The number of benzene rings is 1. The van der Waals surface area contributed by atoms with Crippen LogP contribution in [0, 0.1) is 0 Å². The molecular formula is C21H30O8. The third kappa shape index (κ3) is 10.7. The minimum atomic E-state index is -1.41. The molecule has 0 spiro atoms. The van der Waals surface area contributed by atoms with Gasteiger partial charge in [0.05, 0.1) is 26.4 Å². The van der Waals surface area contributed by atoms with Crippen LogP contribution in [0.5, 0.6) is 5.75 Å². The van der Waals surface area contributed by atoms with Crippen LogP contribution >= 0.6 is 0 Å². The maximum Gasteiger partial charge on any atom is 0.330 e. The van der Waals surface area contributed by atoms with Gasteiger partial charge in [0.2, 0.25) is 0 Å². The quantitative estimate of drug-likeness (QED) is 0.154. The van der Waals surface area contributed by atoms with Gasteiger partial charge in [-0.2, -0.15) is 0 Å². The number of Topliss-reactive ketones (excluding diaryl/α,β-unsaturated/α-hetero) is 1. The Hall–Kier alpha value is -2.26. The number of ether oxygens (including phenoxy) is 5. The summed E-state index contributed by atoms with van der Waals surface area (Å²) < 4.78 is 26.5. The number of carbonyl (C=O) groups excluding carboxylic acids is 2. The maximum atomic E-state index is 12.0. The third-order valence-corrected chi connectivity index (χ3v) is 3.60. The second-order valence-corrected chi connectivity index (χ2v) is 6.55. The molecule has 29 heavy (non-hydrogen) atoms. The summed E-state index contributed by atoms with van der Waals surface area (Å²) >= 11 is 0. The molecule has 0 saturated heterocycles. The maximum absolute atomic E-state index is 12.0. The molecule has 0 saturated carbocycles. The molecule has 8 nitrogen and oxygen atoms in total. The van der Waals surface area contributed by atoms with E-state index in [-0.39, 0.29) is 19.0 Å². The van der Waals surface area contributed by atoms with E-state index in [1.807, 2.05) is 0 Å². The molecule has 1 aromatic rings. The molecular weight excluding hydrogens is 380 g/mol. The van der Waals surface area contributed by atoms with Crippen molar-refractivity contribution in [2.75, 3.05) is 39.6 Å². The highest BCUT2D eigenvalue weighted by Crippen LogP contribution is 2.17. The average Bonchev–Trinajstić information content (AvgIpc) is 2.69. The van der Waals surface area contributed by atoms with Crippen LogP contribution in [0.25, 0.3) is 0 Å². The van der Waals surface area contributed by atoms with E-state index in [0.717, 1.165) is 6.08 Å². The van der Waals surface area contributed by atoms with E-state index in [9.17, 15) is 14.7 Å². The lowest BCUT2D eigenvalue weighted by Crippen LogP contribution is -2.30. The molecule has 1 aromatic carbocycles. The van der Waals surface area contributed by atoms with Crippen LogP contribution in [-0.2, 0) is 23.7 Å². The Morgan fingerprint density at radius 3 is 2.21 bits per heavy atom. The summed E-state index contributed by atoms with van der Waals surface area (Å²) in [6, 6.07) is 6.56. The van der Waals surface area contributed by atoms with Crippen molar-refractivity contribution in [1.82, 2.24) is 0 Å². The van der Waals surface area contributed by atoms with Gasteiger partial charge in [-0.3, -0.25) is 4.79 Å². The molecule has 0 amide bonds. The van der Waals surface area contributed by atoms with Crippen molar-refractivity contribution in [3.8, 4) is 5.75 Å². The molecule has 0 heterocycles. The van der Waals surface area contributed by atoms with Gasteiger partial charge in [0, 0.05) is 11.6 Å². The molecule has 0 aliphatic carbocycles. The third-order valence-electron chi connectivity index (χ3n) is 3.60. The van der Waals surface area contributed by atoms with Crippen LogP contribution in [0.3, 0.4) is 0 Å². The minimum Gasteiger partial charge on any atom is -0.491 e. The normalized spacial score (nSPS) is 12.3. The van der Waals surface area contributed by atoms with Crippen molar-refractivity contribution in [3.05, 3.63) is 42.5 Å². The fraction of sp³-hybridized carbons (Fsp3) is 0.524. The zero-order valence-electron chi connectivity index (χ0n) is 17.2. The fourth-order valence-corrected chi connectivity index (χ4v) is 2.11. The van der Waals surface area contributed by atoms with Crippen molar-refractivity contribution in [3.63, 3.8) is 0 Å². The zero-order valence-corrected chi connectivity index (χ0v) is 17.2. The van der Waals surface area contributed by atoms with Crippen LogP contribution in [0.1, 0.15) is 31.1 Å². The molecule has 1 rings (SSSR count). The largest absolute Gasteiger partial charge is 0.491 e. The van der Waals surface area contributed by atoms with Crippen LogP contribution in [0.15, 0.2) is 36.9 Å². The Bertz CT molecular complexity index is 633. The van der Waals surface area contributed by atoms with Crippen molar-refractivity contribution >= 4 is 11.8 Å². The summed E-state index contributed by atoms with van der Waals surface area (Å²) in [6.45, 7) is 9.75. The van der Waals surface area contributed by atoms with Gasteiger partial charge >= 0.3 is 5.97 Å². The molecule has 0 radical (unpaired) electrons. The molecule has 1 atom stereocenters. The second-order valence-electron chi connectivity index (χ2n) is 6.55. The Balaban J connectivity index is 2.10. The standard InChI is InChI=1S/C21H30O8/c1-5-19(22)29-13-11-25-10-12-26-16(2)27-14-15-28-18-8-6-17(7-9-18)20(23)21(3,4)24/h5-9,16,24H,1,10-15H2,2-4H3. The first-order chi connectivity index (χ1) is 13.7. The summed E-state index contributed by atoms with van der Waals surface area (Å²) in [5, 5.41) is 9.74. The summed E-state index contributed by atoms with van der Waals surface area (Å²) in [6.07, 6.45) is 0.673. The molecule has 0 aliphatic rings. The van der Waals surface area contributed by atoms with Gasteiger partial charge in [-0.05, 0) is 45.0 Å². The van der Waals surface area contributed by atoms with E-state index in [2.05, 4.69) is 6.58 Å². The van der Waals surface area contributed by atoms with Crippen molar-refractivity contribution in [2.45, 2.75) is 32.7 Å². The first-order valence-electron chi connectivity index (χ1n) is 9.34. The first kappa shape index (κ1) is 24.8. The highest BCUT2D eigenvalue weighted by atomic mass is 16.7. The summed E-state index contributed by atoms with van der Waals surface area (Å²) in [4.78, 5) is 22.8. The van der Waals surface area contributed by atoms with E-state index >= 15 is 0 Å². The Labute approximate surface area is 171 Å². The Kier molecular flexibility index (Phi) is 11.2. The van der Waals surface area contributed by atoms with Gasteiger partial charge in [0.15, 0.2) is 12.1 Å². The van der Waals surface area contributed by atoms with Gasteiger partial charge in [-0.1, -0.05) is 6.58 Å². The van der Waals surface area contributed by atoms with E-state index in [1.54, 1.807) is 31.2 Å². The summed E-state index contributed by atoms with van der Waals surface area (Å²) in [7, 11) is 0. The van der Waals surface area contributed by atoms with Crippen LogP contribution in [0.2, 0.25) is 0 Å². The molecule has 0 aliphatic heterocycles. The molecule has 162 valence electrons.